The van der Waals surface area contributed by atoms with Crippen LogP contribution in [0.5, 0.6) is 5.75 Å². The van der Waals surface area contributed by atoms with E-state index in [2.05, 4.69) is 22.9 Å². The Morgan fingerprint density at radius 2 is 1.83 bits per heavy atom. The molecular weight excluding hydrogens is 490 g/mol. The number of amides is 1. The molecule has 0 atom stereocenters. The van der Waals surface area contributed by atoms with E-state index in [4.69, 9.17) is 9.47 Å². The lowest BCUT2D eigenvalue weighted by molar-refractivity contribution is 0.198. The maximum Gasteiger partial charge on any atom is 0.419 e. The summed E-state index contributed by atoms with van der Waals surface area (Å²) in [6, 6.07) is 5.97. The van der Waals surface area contributed by atoms with Gasteiger partial charge in [-0.05, 0) is 29.7 Å². The van der Waals surface area contributed by atoms with Gasteiger partial charge in [0.15, 0.2) is 17.4 Å². The van der Waals surface area contributed by atoms with E-state index >= 15 is 0 Å². The lowest BCUT2D eigenvalue weighted by Gasteiger charge is -2.17. The fourth-order valence-electron chi connectivity index (χ4n) is 3.25. The van der Waals surface area contributed by atoms with Gasteiger partial charge in [-0.3, -0.25) is 9.69 Å². The molecule has 7 nitrogen and oxygen atoms in total. The lowest BCUT2D eigenvalue weighted by Crippen LogP contribution is -2.24. The van der Waals surface area contributed by atoms with Crippen LogP contribution in [0.1, 0.15) is 25.3 Å². The predicted molar refractivity (Wildman–Crippen MR) is 127 cm³/mol. The Kier molecular flexibility index (Phi) is 7.95. The smallest absolute Gasteiger partial charge is 0.419 e. The molecule has 186 valence electrons. The van der Waals surface area contributed by atoms with Crippen molar-refractivity contribution in [2.75, 3.05) is 23.9 Å². The molecule has 0 unspecified atom stereocenters. The Labute approximate surface area is 203 Å². The summed E-state index contributed by atoms with van der Waals surface area (Å²) in [6.07, 6.45) is -2.87. The number of rotatable bonds is 7. The number of halogens is 4. The first-order valence-corrected chi connectivity index (χ1v) is 10.7. The van der Waals surface area contributed by atoms with Crippen LogP contribution < -0.4 is 25.7 Å². The van der Waals surface area contributed by atoms with Gasteiger partial charge in [-0.1, -0.05) is 26.1 Å². The molecule has 0 spiro atoms. The van der Waals surface area contributed by atoms with E-state index in [1.165, 1.54) is 25.3 Å². The number of methoxy groups -OCH3 is 1. The summed E-state index contributed by atoms with van der Waals surface area (Å²) in [6.45, 7) is 3.42. The van der Waals surface area contributed by atoms with Crippen molar-refractivity contribution in [2.45, 2.75) is 26.2 Å². The first-order chi connectivity index (χ1) is 16.5. The Bertz CT molecular complexity index is 1230. The first kappa shape index (κ1) is 25.9. The zero-order valence-corrected chi connectivity index (χ0v) is 19.6. The molecular formula is C23H21F4N3O4S. The van der Waals surface area contributed by atoms with Gasteiger partial charge < -0.3 is 20.1 Å². The maximum absolute atomic E-state index is 15.0. The number of alkyl halides is 2. The van der Waals surface area contributed by atoms with Gasteiger partial charge in [0.1, 0.15) is 16.4 Å². The number of benzene rings is 1. The molecule has 1 aliphatic rings. The summed E-state index contributed by atoms with van der Waals surface area (Å²) >= 11 is 4.43. The van der Waals surface area contributed by atoms with Crippen LogP contribution in [-0.4, -0.2) is 31.2 Å². The van der Waals surface area contributed by atoms with E-state index in [1.54, 1.807) is 0 Å². The molecule has 1 amide bonds. The molecule has 2 aromatic carbocycles. The molecule has 1 saturated heterocycles. The minimum absolute atomic E-state index is 0.0678. The van der Waals surface area contributed by atoms with Crippen LogP contribution >= 0.6 is 12.2 Å². The minimum atomic E-state index is -2.90. The highest BCUT2D eigenvalue weighted by atomic mass is 32.1. The average molecular weight is 511 g/mol. The van der Waals surface area contributed by atoms with E-state index in [0.29, 0.717) is 5.56 Å². The van der Waals surface area contributed by atoms with Crippen LogP contribution in [0, 0.1) is 11.6 Å². The molecule has 0 radical (unpaired) electrons. The molecule has 2 aromatic rings. The molecule has 1 heterocycles. The second-order valence-corrected chi connectivity index (χ2v) is 8.16. The van der Waals surface area contributed by atoms with Crippen LogP contribution in [0.25, 0.3) is 0 Å². The third kappa shape index (κ3) is 5.88. The summed E-state index contributed by atoms with van der Waals surface area (Å²) in [4.78, 5) is 24.4. The fourth-order valence-corrected chi connectivity index (χ4v) is 3.31. The number of carbonyl (C=O) groups excluding carboxylic acids is 1. The van der Waals surface area contributed by atoms with Crippen LogP contribution in [0.3, 0.4) is 0 Å². The van der Waals surface area contributed by atoms with Gasteiger partial charge in [0, 0.05) is 24.0 Å². The highest BCUT2D eigenvalue weighted by Gasteiger charge is 2.30. The summed E-state index contributed by atoms with van der Waals surface area (Å²) in [7, 11) is 1.35. The number of anilines is 3. The summed E-state index contributed by atoms with van der Waals surface area (Å²) in [5.74, 6) is -2.14. The third-order valence-corrected chi connectivity index (χ3v) is 5.30. The Morgan fingerprint density at radius 1 is 1.17 bits per heavy atom. The maximum atomic E-state index is 15.0. The SMILES string of the molecule is COc1cc(C(C)C)c(Nc2c(F)cc(N3C/C(=C/NC(=S)C(F)F)OC3=O)cc2F)ccc1=O. The van der Waals surface area contributed by atoms with E-state index in [-0.39, 0.29) is 35.3 Å². The second-order valence-electron chi connectivity index (χ2n) is 7.72. The van der Waals surface area contributed by atoms with Gasteiger partial charge in [0.25, 0.3) is 6.43 Å². The van der Waals surface area contributed by atoms with E-state index in [1.807, 2.05) is 13.8 Å². The molecule has 1 fully saturated rings. The van der Waals surface area contributed by atoms with Crippen LogP contribution in [-0.2, 0) is 4.74 Å². The van der Waals surface area contributed by atoms with Crippen molar-refractivity contribution in [3.63, 3.8) is 0 Å². The quantitative estimate of drug-likeness (QED) is 0.392. The number of hydrogen-bond donors (Lipinski definition) is 2. The molecule has 35 heavy (non-hydrogen) atoms. The standard InChI is InChI=1S/C23H21F4N3O4S/c1-11(2)14-8-19(33-3)18(31)5-4-17(14)29-20-15(24)6-12(7-16(20)25)30-10-13(34-23(30)32)9-28-22(35)21(26)27/h4-9,11,21,29H,10H2,1-3H3,(H,28,35)/b13-9-. The predicted octanol–water partition coefficient (Wildman–Crippen LogP) is 5.18. The monoisotopic (exact) mass is 511 g/mol. The zero-order valence-electron chi connectivity index (χ0n) is 18.8. The summed E-state index contributed by atoms with van der Waals surface area (Å²) in [5, 5.41) is 4.82. The van der Waals surface area contributed by atoms with Gasteiger partial charge in [0.2, 0.25) is 5.43 Å². The molecule has 0 aromatic heterocycles. The second kappa shape index (κ2) is 10.7. The number of carbonyl (C=O) groups is 1. The number of ether oxygens (including phenoxy) is 2. The van der Waals surface area contributed by atoms with Crippen LogP contribution in [0.2, 0.25) is 0 Å². The van der Waals surface area contributed by atoms with E-state index in [0.717, 1.165) is 23.2 Å². The van der Waals surface area contributed by atoms with Crippen molar-refractivity contribution < 1.29 is 31.8 Å². The highest BCUT2D eigenvalue weighted by Crippen LogP contribution is 2.33. The van der Waals surface area contributed by atoms with Gasteiger partial charge in [-0.25, -0.2) is 22.4 Å². The number of hydrogen-bond acceptors (Lipinski definition) is 6. The van der Waals surface area contributed by atoms with Gasteiger partial charge in [-0.15, -0.1) is 0 Å². The van der Waals surface area contributed by atoms with Gasteiger partial charge in [0.05, 0.1) is 19.3 Å². The Morgan fingerprint density at radius 3 is 2.40 bits per heavy atom. The lowest BCUT2D eigenvalue weighted by atomic mass is 10.0. The molecule has 3 rings (SSSR count). The van der Waals surface area contributed by atoms with Crippen molar-refractivity contribution in [1.29, 1.82) is 0 Å². The fraction of sp³-hybridized carbons (Fsp3) is 0.261. The number of nitrogens with one attached hydrogen (secondary N) is 2. The number of thiocarbonyl (C=S) groups is 1. The van der Waals surface area contributed by atoms with E-state index < -0.39 is 40.3 Å². The minimum Gasteiger partial charge on any atom is -0.493 e. The Hall–Kier alpha value is -3.67. The van der Waals surface area contributed by atoms with Crippen LogP contribution in [0.15, 0.2) is 47.1 Å². The molecule has 1 aliphatic heterocycles. The largest absolute Gasteiger partial charge is 0.493 e. The first-order valence-electron chi connectivity index (χ1n) is 10.3. The molecule has 0 bridgehead atoms. The topological polar surface area (TPSA) is 79.9 Å². The molecule has 0 saturated carbocycles. The molecule has 12 heteroatoms. The van der Waals surface area contributed by atoms with Crippen molar-refractivity contribution in [3.8, 4) is 5.75 Å². The van der Waals surface area contributed by atoms with Crippen molar-refractivity contribution in [3.05, 3.63) is 69.7 Å². The van der Waals surface area contributed by atoms with Gasteiger partial charge >= 0.3 is 6.09 Å². The number of nitrogens with zero attached hydrogens (tertiary/aromatic N) is 1. The van der Waals surface area contributed by atoms with E-state index in [9.17, 15) is 27.2 Å². The Balaban J connectivity index is 1.90. The third-order valence-electron chi connectivity index (χ3n) is 5.01. The number of cyclic esters (lactones) is 1. The normalized spacial score (nSPS) is 14.5. The molecule has 2 N–H and O–H groups in total. The molecule has 0 aliphatic carbocycles. The van der Waals surface area contributed by atoms with Crippen LogP contribution in [0.4, 0.5) is 39.4 Å². The summed E-state index contributed by atoms with van der Waals surface area (Å²) in [5.41, 5.74) is -0.183. The zero-order chi connectivity index (χ0) is 25.9. The summed E-state index contributed by atoms with van der Waals surface area (Å²) < 4.78 is 64.9. The van der Waals surface area contributed by atoms with Crippen molar-refractivity contribution >= 4 is 40.4 Å². The van der Waals surface area contributed by atoms with Gasteiger partial charge in [-0.2, -0.15) is 0 Å². The highest BCUT2D eigenvalue weighted by molar-refractivity contribution is 7.80. The average Bonchev–Trinajstić information content (AvgIpc) is 3.08. The van der Waals surface area contributed by atoms with Crippen molar-refractivity contribution in [1.82, 2.24) is 5.32 Å². The van der Waals surface area contributed by atoms with Crippen molar-refractivity contribution in [2.24, 2.45) is 0 Å².